The van der Waals surface area contributed by atoms with Gasteiger partial charge < -0.3 is 10.5 Å². The first-order valence-corrected chi connectivity index (χ1v) is 5.88. The number of para-hydroxylation sites is 1. The summed E-state index contributed by atoms with van der Waals surface area (Å²) >= 11 is 0. The predicted octanol–water partition coefficient (Wildman–Crippen LogP) is 2.98. The van der Waals surface area contributed by atoms with Crippen LogP contribution in [0.4, 0.5) is 5.69 Å². The standard InChI is InChI=1S/C12H11N.C3H5NO/c13-12-9-5-4-8-11(12)10-6-2-1-3-7-10;1-2-5-3-4-1/h1-9H,13H2;3H,1-2H2. The van der Waals surface area contributed by atoms with Crippen molar-refractivity contribution >= 4 is 12.1 Å². The molecular formula is C15H16N2O. The van der Waals surface area contributed by atoms with Crippen molar-refractivity contribution in [3.8, 4) is 11.1 Å². The molecule has 0 saturated heterocycles. The predicted molar refractivity (Wildman–Crippen MR) is 75.6 cm³/mol. The van der Waals surface area contributed by atoms with Crippen molar-refractivity contribution in [2.24, 2.45) is 4.99 Å². The minimum absolute atomic E-state index is 0.778. The van der Waals surface area contributed by atoms with E-state index in [1.807, 2.05) is 42.5 Å². The lowest BCUT2D eigenvalue weighted by atomic mass is 10.0. The molecule has 0 aliphatic carbocycles. The smallest absolute Gasteiger partial charge is 0.169 e. The van der Waals surface area contributed by atoms with Gasteiger partial charge in [0.1, 0.15) is 6.61 Å². The Hall–Kier alpha value is -2.29. The van der Waals surface area contributed by atoms with Gasteiger partial charge in [0.15, 0.2) is 6.40 Å². The highest BCUT2D eigenvalue weighted by atomic mass is 16.5. The molecule has 2 aromatic rings. The summed E-state index contributed by atoms with van der Waals surface area (Å²) in [4.78, 5) is 3.74. The first kappa shape index (κ1) is 12.2. The summed E-state index contributed by atoms with van der Waals surface area (Å²) in [5.41, 5.74) is 8.95. The third-order valence-electron chi connectivity index (χ3n) is 2.53. The molecule has 2 aromatic carbocycles. The van der Waals surface area contributed by atoms with Crippen LogP contribution in [-0.2, 0) is 4.74 Å². The lowest BCUT2D eigenvalue weighted by Crippen LogP contribution is -1.88. The molecule has 0 fully saturated rings. The van der Waals surface area contributed by atoms with Gasteiger partial charge >= 0.3 is 0 Å². The molecule has 0 amide bonds. The lowest BCUT2D eigenvalue weighted by Gasteiger charge is -2.03. The molecular weight excluding hydrogens is 224 g/mol. The first-order valence-electron chi connectivity index (χ1n) is 5.88. The van der Waals surface area contributed by atoms with Gasteiger partial charge in [-0.15, -0.1) is 0 Å². The zero-order valence-corrected chi connectivity index (χ0v) is 10.1. The fourth-order valence-corrected chi connectivity index (χ4v) is 1.64. The second-order valence-electron chi connectivity index (χ2n) is 3.84. The second kappa shape index (κ2) is 6.45. The van der Waals surface area contributed by atoms with E-state index in [1.165, 1.54) is 12.0 Å². The molecule has 2 N–H and O–H groups in total. The minimum Gasteiger partial charge on any atom is -0.482 e. The highest BCUT2D eigenvalue weighted by Gasteiger charge is 1.98. The summed E-state index contributed by atoms with van der Waals surface area (Å²) in [7, 11) is 0. The van der Waals surface area contributed by atoms with Crippen molar-refractivity contribution in [1.82, 2.24) is 0 Å². The summed E-state index contributed by atoms with van der Waals surface area (Å²) in [6.07, 6.45) is 1.49. The van der Waals surface area contributed by atoms with E-state index >= 15 is 0 Å². The van der Waals surface area contributed by atoms with Crippen molar-refractivity contribution in [3.63, 3.8) is 0 Å². The van der Waals surface area contributed by atoms with Crippen molar-refractivity contribution in [2.45, 2.75) is 0 Å². The molecule has 3 heteroatoms. The molecule has 1 aliphatic heterocycles. The van der Waals surface area contributed by atoms with E-state index in [-0.39, 0.29) is 0 Å². The van der Waals surface area contributed by atoms with E-state index in [4.69, 9.17) is 5.73 Å². The van der Waals surface area contributed by atoms with Gasteiger partial charge in [-0.25, -0.2) is 0 Å². The minimum atomic E-state index is 0.778. The number of hydrogen-bond donors (Lipinski definition) is 1. The summed E-state index contributed by atoms with van der Waals surface area (Å²) < 4.78 is 4.65. The van der Waals surface area contributed by atoms with Gasteiger partial charge in [-0.2, -0.15) is 0 Å². The molecule has 0 saturated carbocycles. The average molecular weight is 240 g/mol. The molecule has 18 heavy (non-hydrogen) atoms. The van der Waals surface area contributed by atoms with E-state index in [9.17, 15) is 0 Å². The number of rotatable bonds is 1. The second-order valence-corrected chi connectivity index (χ2v) is 3.84. The molecule has 0 unspecified atom stereocenters. The van der Waals surface area contributed by atoms with Crippen LogP contribution >= 0.6 is 0 Å². The summed E-state index contributed by atoms with van der Waals surface area (Å²) in [6.45, 7) is 1.62. The maximum Gasteiger partial charge on any atom is 0.169 e. The monoisotopic (exact) mass is 240 g/mol. The van der Waals surface area contributed by atoms with E-state index in [0.717, 1.165) is 24.4 Å². The van der Waals surface area contributed by atoms with E-state index in [2.05, 4.69) is 21.9 Å². The van der Waals surface area contributed by atoms with Gasteiger partial charge in [0.2, 0.25) is 0 Å². The Bertz CT molecular complexity index is 503. The van der Waals surface area contributed by atoms with Crippen LogP contribution in [-0.4, -0.2) is 19.6 Å². The molecule has 3 nitrogen and oxygen atoms in total. The highest BCUT2D eigenvalue weighted by molar-refractivity contribution is 5.75. The Morgan fingerprint density at radius 3 is 2.22 bits per heavy atom. The van der Waals surface area contributed by atoms with Crippen molar-refractivity contribution in [2.75, 3.05) is 18.9 Å². The van der Waals surface area contributed by atoms with Gasteiger partial charge in [0.25, 0.3) is 0 Å². The van der Waals surface area contributed by atoms with Crippen LogP contribution in [0.5, 0.6) is 0 Å². The Morgan fingerprint density at radius 1 is 0.944 bits per heavy atom. The molecule has 0 radical (unpaired) electrons. The lowest BCUT2D eigenvalue weighted by molar-refractivity contribution is 0.361. The van der Waals surface area contributed by atoms with Crippen LogP contribution in [0.3, 0.4) is 0 Å². The van der Waals surface area contributed by atoms with Gasteiger partial charge in [-0.1, -0.05) is 48.5 Å². The average Bonchev–Trinajstić information content (AvgIpc) is 2.99. The van der Waals surface area contributed by atoms with E-state index in [0.29, 0.717) is 0 Å². The summed E-state index contributed by atoms with van der Waals surface area (Å²) in [5, 5.41) is 0. The molecule has 0 spiro atoms. The zero-order valence-electron chi connectivity index (χ0n) is 10.1. The van der Waals surface area contributed by atoms with Crippen molar-refractivity contribution in [1.29, 1.82) is 0 Å². The largest absolute Gasteiger partial charge is 0.482 e. The van der Waals surface area contributed by atoms with Gasteiger partial charge in [0, 0.05) is 11.3 Å². The van der Waals surface area contributed by atoms with Crippen LogP contribution in [0.15, 0.2) is 59.6 Å². The Labute approximate surface area is 107 Å². The van der Waals surface area contributed by atoms with Crippen LogP contribution in [0.1, 0.15) is 0 Å². The number of benzene rings is 2. The molecule has 0 atom stereocenters. The molecule has 3 rings (SSSR count). The van der Waals surface area contributed by atoms with E-state index < -0.39 is 0 Å². The van der Waals surface area contributed by atoms with Crippen LogP contribution in [0.2, 0.25) is 0 Å². The van der Waals surface area contributed by atoms with Crippen molar-refractivity contribution in [3.05, 3.63) is 54.6 Å². The number of aliphatic imine (C=N–C) groups is 1. The SMILES string of the molecule is C1=NCCO1.Nc1ccccc1-c1ccccc1. The van der Waals surface area contributed by atoms with Gasteiger partial charge in [-0.05, 0) is 11.6 Å². The molecule has 92 valence electrons. The maximum atomic E-state index is 5.85. The maximum absolute atomic E-state index is 5.85. The number of ether oxygens (including phenoxy) is 1. The number of hydrogen-bond acceptors (Lipinski definition) is 3. The zero-order chi connectivity index (χ0) is 12.6. The molecule has 0 aromatic heterocycles. The summed E-state index contributed by atoms with van der Waals surface area (Å²) in [5.74, 6) is 0. The third kappa shape index (κ3) is 3.35. The Morgan fingerprint density at radius 2 is 1.67 bits per heavy atom. The Kier molecular flexibility index (Phi) is 4.36. The summed E-state index contributed by atoms with van der Waals surface area (Å²) in [6, 6.07) is 18.1. The van der Waals surface area contributed by atoms with E-state index in [1.54, 1.807) is 0 Å². The molecule has 1 heterocycles. The Balaban J connectivity index is 0.000000202. The quantitative estimate of drug-likeness (QED) is 0.779. The van der Waals surface area contributed by atoms with Crippen molar-refractivity contribution < 1.29 is 4.74 Å². The van der Waals surface area contributed by atoms with Crippen LogP contribution in [0, 0.1) is 0 Å². The fraction of sp³-hybridized carbons (Fsp3) is 0.133. The number of nitrogen functional groups attached to an aromatic ring is 1. The normalized spacial score (nSPS) is 12.4. The molecule has 0 bridgehead atoms. The van der Waals surface area contributed by atoms with Crippen LogP contribution < -0.4 is 5.73 Å². The number of anilines is 1. The fourth-order valence-electron chi connectivity index (χ4n) is 1.64. The van der Waals surface area contributed by atoms with Gasteiger partial charge in [-0.3, -0.25) is 4.99 Å². The molecule has 1 aliphatic rings. The third-order valence-corrected chi connectivity index (χ3v) is 2.53. The highest BCUT2D eigenvalue weighted by Crippen LogP contribution is 2.24. The number of nitrogens with two attached hydrogens (primary N) is 1. The van der Waals surface area contributed by atoms with Gasteiger partial charge in [0.05, 0.1) is 6.54 Å². The first-order chi connectivity index (χ1) is 8.88. The number of nitrogens with zero attached hydrogens (tertiary/aromatic N) is 1. The topological polar surface area (TPSA) is 47.6 Å². The van der Waals surface area contributed by atoms with Crippen LogP contribution in [0.25, 0.3) is 11.1 Å².